The van der Waals surface area contributed by atoms with Crippen LogP contribution in [0.4, 0.5) is 0 Å². The lowest BCUT2D eigenvalue weighted by Crippen LogP contribution is -2.50. The van der Waals surface area contributed by atoms with E-state index in [0.717, 1.165) is 60.2 Å². The Balaban J connectivity index is 1.48. The topological polar surface area (TPSA) is 20.2 Å². The van der Waals surface area contributed by atoms with Crippen molar-refractivity contribution in [1.29, 1.82) is 0 Å². The van der Waals surface area contributed by atoms with Crippen molar-refractivity contribution in [2.75, 3.05) is 0 Å². The fraction of sp³-hybridized carbons (Fsp3) is 0.926. The van der Waals surface area contributed by atoms with E-state index in [1.165, 1.54) is 51.4 Å². The average Bonchev–Trinajstić information content (AvgIpc) is 3.09. The summed E-state index contributed by atoms with van der Waals surface area (Å²) in [6.07, 6.45) is 15.8. The highest BCUT2D eigenvalue weighted by atomic mass is 16.3. The van der Waals surface area contributed by atoms with Crippen molar-refractivity contribution in [3.63, 3.8) is 0 Å². The van der Waals surface area contributed by atoms with E-state index in [1.54, 1.807) is 5.57 Å². The first-order chi connectivity index (χ1) is 13.3. The molecule has 4 aliphatic carbocycles. The highest BCUT2D eigenvalue weighted by Crippen LogP contribution is 2.64. The molecule has 1 heteroatoms. The molecule has 9 atom stereocenters. The summed E-state index contributed by atoms with van der Waals surface area (Å²) in [7, 11) is 0. The molecule has 0 aromatic rings. The molecule has 0 saturated heterocycles. The molecular weight excluding hydrogens is 340 g/mol. The second-order valence-electron chi connectivity index (χ2n) is 12.0. The third-order valence-corrected chi connectivity index (χ3v) is 9.98. The fourth-order valence-electron chi connectivity index (χ4n) is 8.49. The van der Waals surface area contributed by atoms with Gasteiger partial charge < -0.3 is 5.11 Å². The largest absolute Gasteiger partial charge is 0.393 e. The number of rotatable bonds is 5. The molecule has 0 spiro atoms. The normalized spacial score (nSPS) is 46.5. The van der Waals surface area contributed by atoms with Crippen LogP contribution in [0.2, 0.25) is 0 Å². The van der Waals surface area contributed by atoms with Gasteiger partial charge in [0.05, 0.1) is 6.10 Å². The minimum Gasteiger partial charge on any atom is -0.393 e. The van der Waals surface area contributed by atoms with Gasteiger partial charge in [0, 0.05) is 0 Å². The Morgan fingerprint density at radius 1 is 1.11 bits per heavy atom. The van der Waals surface area contributed by atoms with Gasteiger partial charge in [0.25, 0.3) is 0 Å². The summed E-state index contributed by atoms with van der Waals surface area (Å²) < 4.78 is 0. The Morgan fingerprint density at radius 2 is 1.89 bits per heavy atom. The molecule has 0 aromatic carbocycles. The van der Waals surface area contributed by atoms with Crippen LogP contribution in [0.3, 0.4) is 0 Å². The van der Waals surface area contributed by atoms with Crippen molar-refractivity contribution in [3.8, 4) is 0 Å². The second kappa shape index (κ2) is 8.09. The lowest BCUT2D eigenvalue weighted by atomic mass is 9.48. The van der Waals surface area contributed by atoms with Crippen molar-refractivity contribution in [1.82, 2.24) is 0 Å². The van der Waals surface area contributed by atoms with E-state index < -0.39 is 0 Å². The minimum atomic E-state index is -0.0767. The maximum absolute atomic E-state index is 10.2. The molecule has 4 rings (SSSR count). The molecule has 0 bridgehead atoms. The highest BCUT2D eigenvalue weighted by Gasteiger charge is 2.56. The quantitative estimate of drug-likeness (QED) is 0.493. The highest BCUT2D eigenvalue weighted by molar-refractivity contribution is 5.25. The average molecular weight is 387 g/mol. The van der Waals surface area contributed by atoms with Crippen LogP contribution in [0, 0.1) is 52.8 Å². The summed E-state index contributed by atoms with van der Waals surface area (Å²) in [5.74, 6) is 7.44. The third kappa shape index (κ3) is 3.63. The van der Waals surface area contributed by atoms with E-state index in [0.29, 0.717) is 5.41 Å². The smallest absolute Gasteiger partial charge is 0.0577 e. The molecular formula is C27H46O. The number of aliphatic hydroxyl groups excluding tert-OH is 1. The minimum absolute atomic E-state index is 0.0767. The fourth-order valence-corrected chi connectivity index (χ4v) is 8.49. The molecule has 0 amide bonds. The summed E-state index contributed by atoms with van der Waals surface area (Å²) in [5, 5.41) is 10.2. The van der Waals surface area contributed by atoms with Gasteiger partial charge in [0.2, 0.25) is 0 Å². The zero-order valence-corrected chi connectivity index (χ0v) is 19.3. The van der Waals surface area contributed by atoms with Gasteiger partial charge in [-0.15, -0.1) is 0 Å². The lowest BCUT2D eigenvalue weighted by Gasteiger charge is -2.57. The van der Waals surface area contributed by atoms with Gasteiger partial charge in [-0.1, -0.05) is 65.5 Å². The predicted molar refractivity (Wildman–Crippen MR) is 119 cm³/mol. The van der Waals surface area contributed by atoms with Gasteiger partial charge in [0.15, 0.2) is 0 Å². The van der Waals surface area contributed by atoms with Crippen LogP contribution in [0.1, 0.15) is 98.8 Å². The zero-order chi connectivity index (χ0) is 20.1. The third-order valence-electron chi connectivity index (χ3n) is 9.98. The molecule has 28 heavy (non-hydrogen) atoms. The molecule has 1 nitrogen and oxygen atoms in total. The van der Waals surface area contributed by atoms with Crippen LogP contribution in [0.15, 0.2) is 11.6 Å². The summed E-state index contributed by atoms with van der Waals surface area (Å²) in [6, 6.07) is 0. The van der Waals surface area contributed by atoms with Crippen LogP contribution in [0.25, 0.3) is 0 Å². The maximum atomic E-state index is 10.2. The number of allylic oxidation sites excluding steroid dienone is 1. The van der Waals surface area contributed by atoms with Gasteiger partial charge in [-0.05, 0) is 97.7 Å². The Hall–Kier alpha value is -0.300. The summed E-state index contributed by atoms with van der Waals surface area (Å²) in [6.45, 7) is 12.5. The van der Waals surface area contributed by atoms with Crippen molar-refractivity contribution in [2.45, 2.75) is 105 Å². The van der Waals surface area contributed by atoms with Gasteiger partial charge >= 0.3 is 0 Å². The summed E-state index contributed by atoms with van der Waals surface area (Å²) in [4.78, 5) is 0. The first-order valence-electron chi connectivity index (χ1n) is 12.7. The van der Waals surface area contributed by atoms with Crippen LogP contribution < -0.4 is 0 Å². The standard InChI is InChI=1S/C27H46O/c1-17(2)7-6-8-18(3)22-11-12-24-23-10-9-20-16-21(28)13-14-27(20,5)25(23)15-19(4)26(22)24/h9,17-19,21-26,28H,6-8,10-16H2,1-5H3/t18-,19?,21?,22+,23?,24?,25?,26?,27-/m0/s1. The number of aliphatic hydroxyl groups is 1. The maximum Gasteiger partial charge on any atom is 0.0577 e. The number of hydrogen-bond acceptors (Lipinski definition) is 1. The van der Waals surface area contributed by atoms with Gasteiger partial charge in [-0.25, -0.2) is 0 Å². The molecule has 160 valence electrons. The van der Waals surface area contributed by atoms with Crippen LogP contribution in [0.5, 0.6) is 0 Å². The molecule has 3 saturated carbocycles. The van der Waals surface area contributed by atoms with E-state index in [2.05, 4.69) is 40.7 Å². The van der Waals surface area contributed by atoms with E-state index in [9.17, 15) is 5.11 Å². The van der Waals surface area contributed by atoms with E-state index >= 15 is 0 Å². The van der Waals surface area contributed by atoms with Crippen molar-refractivity contribution in [3.05, 3.63) is 11.6 Å². The molecule has 6 unspecified atom stereocenters. The first-order valence-corrected chi connectivity index (χ1v) is 12.7. The van der Waals surface area contributed by atoms with Crippen LogP contribution >= 0.6 is 0 Å². The summed E-state index contributed by atoms with van der Waals surface area (Å²) in [5.41, 5.74) is 2.01. The molecule has 4 aliphatic rings. The van der Waals surface area contributed by atoms with Crippen molar-refractivity contribution in [2.24, 2.45) is 52.8 Å². The molecule has 0 aliphatic heterocycles. The number of hydrogen-bond donors (Lipinski definition) is 1. The Labute approximate surface area is 174 Å². The van der Waals surface area contributed by atoms with Crippen LogP contribution in [-0.4, -0.2) is 11.2 Å². The monoisotopic (exact) mass is 386 g/mol. The Morgan fingerprint density at radius 3 is 2.64 bits per heavy atom. The van der Waals surface area contributed by atoms with Gasteiger partial charge in [0.1, 0.15) is 0 Å². The SMILES string of the molecule is CC(C)CCC[C@H](C)[C@H]1CCC2C3CC=C4CC(O)CC[C@]4(C)C3CC(C)C21. The van der Waals surface area contributed by atoms with E-state index in [4.69, 9.17) is 0 Å². The Kier molecular flexibility index (Phi) is 6.05. The molecule has 3 fully saturated rings. The van der Waals surface area contributed by atoms with Gasteiger partial charge in [-0.3, -0.25) is 0 Å². The van der Waals surface area contributed by atoms with E-state index in [-0.39, 0.29) is 6.10 Å². The summed E-state index contributed by atoms with van der Waals surface area (Å²) >= 11 is 0. The van der Waals surface area contributed by atoms with Crippen LogP contribution in [-0.2, 0) is 0 Å². The van der Waals surface area contributed by atoms with Crippen molar-refractivity contribution < 1.29 is 5.11 Å². The molecule has 1 N–H and O–H groups in total. The Bertz CT molecular complexity index is 577. The lowest BCUT2D eigenvalue weighted by molar-refractivity contribution is -0.0408. The van der Waals surface area contributed by atoms with E-state index in [1.807, 2.05) is 0 Å². The molecule has 0 radical (unpaired) electrons. The molecule has 0 aromatic heterocycles. The van der Waals surface area contributed by atoms with Crippen molar-refractivity contribution >= 4 is 0 Å². The number of fused-ring (bicyclic) bond motifs is 5. The first kappa shape index (κ1) is 21.0. The molecule has 0 heterocycles. The predicted octanol–water partition coefficient (Wildman–Crippen LogP) is 7.24. The van der Waals surface area contributed by atoms with Gasteiger partial charge in [-0.2, -0.15) is 0 Å². The zero-order valence-electron chi connectivity index (χ0n) is 19.3. The second-order valence-corrected chi connectivity index (χ2v) is 12.0.